The highest BCUT2D eigenvalue weighted by Crippen LogP contribution is 2.43. The summed E-state index contributed by atoms with van der Waals surface area (Å²) in [6, 6.07) is 0. The van der Waals surface area contributed by atoms with Crippen LogP contribution in [-0.4, -0.2) is 17.1 Å². The maximum Gasteiger partial charge on any atom is 0.0687 e. The van der Waals surface area contributed by atoms with E-state index in [4.69, 9.17) is 16.3 Å². The van der Waals surface area contributed by atoms with Crippen LogP contribution in [0.15, 0.2) is 0 Å². The number of rotatable bonds is 4. The summed E-state index contributed by atoms with van der Waals surface area (Å²) in [5, 5.41) is 0.301. The van der Waals surface area contributed by atoms with Gasteiger partial charge in [-0.25, -0.2) is 0 Å². The molecule has 2 aliphatic rings. The lowest BCUT2D eigenvalue weighted by atomic mass is 9.83. The number of halogens is 1. The highest BCUT2D eigenvalue weighted by Gasteiger charge is 2.40. The highest BCUT2D eigenvalue weighted by molar-refractivity contribution is 6.20. The summed E-state index contributed by atoms with van der Waals surface area (Å²) < 4.78 is 6.40. The summed E-state index contributed by atoms with van der Waals surface area (Å²) in [7, 11) is 0. The Balaban J connectivity index is 1.77. The van der Waals surface area contributed by atoms with Crippen LogP contribution >= 0.6 is 11.6 Å². The summed E-state index contributed by atoms with van der Waals surface area (Å²) in [5.41, 5.74) is 0.287. The van der Waals surface area contributed by atoms with Crippen LogP contribution in [0.1, 0.15) is 71.6 Å². The van der Waals surface area contributed by atoms with Crippen molar-refractivity contribution >= 4 is 11.6 Å². The van der Waals surface area contributed by atoms with Crippen LogP contribution in [0.25, 0.3) is 0 Å². The van der Waals surface area contributed by atoms with Crippen molar-refractivity contribution in [1.29, 1.82) is 0 Å². The molecular weight excluding hydrogens is 232 g/mol. The van der Waals surface area contributed by atoms with Crippen LogP contribution in [0.2, 0.25) is 0 Å². The molecule has 0 aromatic heterocycles. The van der Waals surface area contributed by atoms with Gasteiger partial charge in [0, 0.05) is 5.38 Å². The number of ether oxygens (including phenoxy) is 1. The number of alkyl halides is 1. The van der Waals surface area contributed by atoms with Crippen LogP contribution in [0.4, 0.5) is 0 Å². The Morgan fingerprint density at radius 3 is 2.53 bits per heavy atom. The van der Waals surface area contributed by atoms with Gasteiger partial charge in [-0.1, -0.05) is 26.2 Å². The van der Waals surface area contributed by atoms with Gasteiger partial charge in [0.25, 0.3) is 0 Å². The predicted molar refractivity (Wildman–Crippen MR) is 73.6 cm³/mol. The SMILES string of the molecule is CC(Cl)CC(C)CC1CCC2(CCCCC2)O1. The van der Waals surface area contributed by atoms with Crippen LogP contribution in [0, 0.1) is 5.92 Å². The molecule has 1 aliphatic carbocycles. The first-order valence-electron chi connectivity index (χ1n) is 7.41. The predicted octanol–water partition coefficient (Wildman–Crippen LogP) is 4.91. The van der Waals surface area contributed by atoms with Gasteiger partial charge in [0.2, 0.25) is 0 Å². The number of hydrogen-bond donors (Lipinski definition) is 0. The molecule has 1 saturated heterocycles. The fraction of sp³-hybridized carbons (Fsp3) is 1.00. The molecule has 0 aromatic rings. The first kappa shape index (κ1) is 13.7. The van der Waals surface area contributed by atoms with Gasteiger partial charge in [0.1, 0.15) is 0 Å². The minimum absolute atomic E-state index is 0.287. The van der Waals surface area contributed by atoms with E-state index in [1.165, 1.54) is 51.4 Å². The van der Waals surface area contributed by atoms with Crippen LogP contribution in [0.5, 0.6) is 0 Å². The molecule has 2 heteroatoms. The van der Waals surface area contributed by atoms with Crippen molar-refractivity contribution in [2.24, 2.45) is 5.92 Å². The van der Waals surface area contributed by atoms with E-state index < -0.39 is 0 Å². The fourth-order valence-electron chi connectivity index (χ4n) is 3.72. The molecule has 0 amide bonds. The zero-order valence-electron chi connectivity index (χ0n) is 11.4. The molecule has 1 spiro atoms. The maximum absolute atomic E-state index is 6.40. The van der Waals surface area contributed by atoms with Crippen LogP contribution < -0.4 is 0 Å². The molecule has 0 N–H and O–H groups in total. The molecule has 1 saturated carbocycles. The van der Waals surface area contributed by atoms with Crippen molar-refractivity contribution in [3.8, 4) is 0 Å². The first-order valence-corrected chi connectivity index (χ1v) is 7.85. The normalized spacial score (nSPS) is 31.6. The second-order valence-electron chi connectivity index (χ2n) is 6.38. The van der Waals surface area contributed by atoms with Gasteiger partial charge in [0.05, 0.1) is 11.7 Å². The summed E-state index contributed by atoms with van der Waals surface area (Å²) in [4.78, 5) is 0. The minimum Gasteiger partial charge on any atom is -0.372 e. The van der Waals surface area contributed by atoms with E-state index in [1.807, 2.05) is 0 Å². The van der Waals surface area contributed by atoms with Crippen molar-refractivity contribution < 1.29 is 4.74 Å². The molecule has 0 bridgehead atoms. The molecule has 0 radical (unpaired) electrons. The summed E-state index contributed by atoms with van der Waals surface area (Å²) >= 11 is 6.06. The highest BCUT2D eigenvalue weighted by atomic mass is 35.5. The fourth-order valence-corrected chi connectivity index (χ4v) is 4.03. The van der Waals surface area contributed by atoms with E-state index in [-0.39, 0.29) is 5.60 Å². The lowest BCUT2D eigenvalue weighted by molar-refractivity contribution is -0.0694. The van der Waals surface area contributed by atoms with Gasteiger partial charge in [-0.05, 0) is 51.4 Å². The first-order chi connectivity index (χ1) is 8.10. The average Bonchev–Trinajstić information content (AvgIpc) is 2.61. The van der Waals surface area contributed by atoms with Crippen molar-refractivity contribution in [3.63, 3.8) is 0 Å². The van der Waals surface area contributed by atoms with Gasteiger partial charge in [-0.3, -0.25) is 0 Å². The topological polar surface area (TPSA) is 9.23 Å². The molecule has 1 aliphatic heterocycles. The third-order valence-corrected chi connectivity index (χ3v) is 4.67. The Kier molecular flexibility index (Phi) is 4.77. The minimum atomic E-state index is 0.287. The third kappa shape index (κ3) is 3.86. The standard InChI is InChI=1S/C15H27ClO/c1-12(10-13(2)16)11-14-6-9-15(17-14)7-4-3-5-8-15/h12-14H,3-11H2,1-2H3. The van der Waals surface area contributed by atoms with Crippen molar-refractivity contribution in [3.05, 3.63) is 0 Å². The van der Waals surface area contributed by atoms with E-state index in [1.54, 1.807) is 0 Å². The maximum atomic E-state index is 6.40. The second kappa shape index (κ2) is 5.93. The van der Waals surface area contributed by atoms with Crippen molar-refractivity contribution in [2.45, 2.75) is 88.7 Å². The van der Waals surface area contributed by atoms with Crippen molar-refractivity contribution in [2.75, 3.05) is 0 Å². The Hall–Kier alpha value is 0.250. The zero-order valence-corrected chi connectivity index (χ0v) is 12.1. The second-order valence-corrected chi connectivity index (χ2v) is 7.12. The van der Waals surface area contributed by atoms with E-state index in [9.17, 15) is 0 Å². The molecule has 3 unspecified atom stereocenters. The molecule has 2 rings (SSSR count). The Bertz CT molecular complexity index is 233. The molecule has 2 fully saturated rings. The van der Waals surface area contributed by atoms with E-state index in [2.05, 4.69) is 13.8 Å². The molecule has 17 heavy (non-hydrogen) atoms. The molecule has 1 nitrogen and oxygen atoms in total. The quantitative estimate of drug-likeness (QED) is 0.651. The molecular formula is C15H27ClO. The summed E-state index contributed by atoms with van der Waals surface area (Å²) in [6.07, 6.45) is 12.2. The Morgan fingerprint density at radius 1 is 1.18 bits per heavy atom. The third-order valence-electron chi connectivity index (χ3n) is 4.50. The van der Waals surface area contributed by atoms with Crippen LogP contribution in [-0.2, 0) is 4.74 Å². The summed E-state index contributed by atoms with van der Waals surface area (Å²) in [6.45, 7) is 4.41. The van der Waals surface area contributed by atoms with E-state index in [0.717, 1.165) is 6.42 Å². The van der Waals surface area contributed by atoms with Crippen molar-refractivity contribution in [1.82, 2.24) is 0 Å². The zero-order chi connectivity index (χ0) is 12.3. The average molecular weight is 259 g/mol. The molecule has 3 atom stereocenters. The van der Waals surface area contributed by atoms with E-state index in [0.29, 0.717) is 17.4 Å². The smallest absolute Gasteiger partial charge is 0.0687 e. The van der Waals surface area contributed by atoms with Gasteiger partial charge < -0.3 is 4.74 Å². The van der Waals surface area contributed by atoms with Crippen LogP contribution in [0.3, 0.4) is 0 Å². The van der Waals surface area contributed by atoms with Gasteiger partial charge in [0.15, 0.2) is 0 Å². The Morgan fingerprint density at radius 2 is 1.88 bits per heavy atom. The van der Waals surface area contributed by atoms with E-state index >= 15 is 0 Å². The monoisotopic (exact) mass is 258 g/mol. The molecule has 100 valence electrons. The largest absolute Gasteiger partial charge is 0.372 e. The van der Waals surface area contributed by atoms with Gasteiger partial charge >= 0.3 is 0 Å². The lowest BCUT2D eigenvalue weighted by Gasteiger charge is -2.33. The van der Waals surface area contributed by atoms with Gasteiger partial charge in [-0.15, -0.1) is 11.6 Å². The lowest BCUT2D eigenvalue weighted by Crippen LogP contribution is -2.32. The number of hydrogen-bond acceptors (Lipinski definition) is 1. The summed E-state index contributed by atoms with van der Waals surface area (Å²) in [5.74, 6) is 0.700. The van der Waals surface area contributed by atoms with Gasteiger partial charge in [-0.2, -0.15) is 0 Å². The molecule has 0 aromatic carbocycles. The Labute approximate surface area is 111 Å². The molecule has 1 heterocycles.